The minimum Gasteiger partial charge on any atom is -0.370 e. The quantitative estimate of drug-likeness (QED) is 0.694. The molecule has 28 heavy (non-hydrogen) atoms. The van der Waals surface area contributed by atoms with E-state index in [9.17, 15) is 9.65 Å². The second-order valence-corrected chi connectivity index (χ2v) is 7.84. The van der Waals surface area contributed by atoms with Gasteiger partial charge in [0.05, 0.1) is 16.8 Å². The molecule has 142 valence electrons. The summed E-state index contributed by atoms with van der Waals surface area (Å²) in [5.41, 5.74) is 2.84. The van der Waals surface area contributed by atoms with E-state index in [1.165, 1.54) is 25.0 Å². The van der Waals surface area contributed by atoms with Crippen LogP contribution in [0.3, 0.4) is 0 Å². The zero-order valence-electron chi connectivity index (χ0n) is 15.8. The van der Waals surface area contributed by atoms with E-state index in [2.05, 4.69) is 30.7 Å². The lowest BCUT2D eigenvalue weighted by molar-refractivity contribution is 0.465. The molecule has 3 aromatic rings. The standard InChI is InChI=1S/C21H21FN6/c1-13-8-16(22)9-18-19(13)24-11-15(10-23)20(18)27-6-4-14(5-7-27)21-26-25-12-28(21)17-2-3-17/h8-9,11-12,14,17H,2-7H2,1H3. The van der Waals surface area contributed by atoms with Gasteiger partial charge >= 0.3 is 0 Å². The van der Waals surface area contributed by atoms with Crippen LogP contribution >= 0.6 is 0 Å². The van der Waals surface area contributed by atoms with Crippen LogP contribution in [-0.2, 0) is 0 Å². The Balaban J connectivity index is 1.47. The van der Waals surface area contributed by atoms with E-state index in [-0.39, 0.29) is 5.82 Å². The fourth-order valence-corrected chi connectivity index (χ4v) is 4.38. The van der Waals surface area contributed by atoms with Crippen molar-refractivity contribution < 1.29 is 4.39 Å². The molecule has 0 N–H and O–H groups in total. The van der Waals surface area contributed by atoms with Crippen molar-refractivity contribution in [1.82, 2.24) is 19.7 Å². The van der Waals surface area contributed by atoms with Gasteiger partial charge in [-0.2, -0.15) is 5.26 Å². The van der Waals surface area contributed by atoms with Gasteiger partial charge in [0.1, 0.15) is 24.0 Å². The Morgan fingerprint density at radius 1 is 1.18 bits per heavy atom. The highest BCUT2D eigenvalue weighted by Crippen LogP contribution is 2.40. The van der Waals surface area contributed by atoms with E-state index in [0.29, 0.717) is 17.5 Å². The number of nitriles is 1. The lowest BCUT2D eigenvalue weighted by Gasteiger charge is -2.34. The van der Waals surface area contributed by atoms with Gasteiger partial charge in [0, 0.05) is 36.6 Å². The Kier molecular flexibility index (Phi) is 4.00. The summed E-state index contributed by atoms with van der Waals surface area (Å²) in [6.45, 7) is 3.45. The minimum absolute atomic E-state index is 0.296. The lowest BCUT2D eigenvalue weighted by Crippen LogP contribution is -2.34. The third-order valence-electron chi connectivity index (χ3n) is 5.94. The average Bonchev–Trinajstić information content (AvgIpc) is 3.43. The maximum atomic E-state index is 14.1. The van der Waals surface area contributed by atoms with Crippen molar-refractivity contribution in [2.75, 3.05) is 18.0 Å². The molecule has 1 aliphatic heterocycles. The molecule has 0 atom stereocenters. The van der Waals surface area contributed by atoms with Crippen molar-refractivity contribution in [1.29, 1.82) is 5.26 Å². The second-order valence-electron chi connectivity index (χ2n) is 7.84. The normalized spacial score (nSPS) is 17.8. The molecule has 2 aliphatic rings. The first-order chi connectivity index (χ1) is 13.7. The first-order valence-corrected chi connectivity index (χ1v) is 9.79. The number of aromatic nitrogens is 4. The molecule has 3 heterocycles. The first-order valence-electron chi connectivity index (χ1n) is 9.79. The number of halogens is 1. The number of rotatable bonds is 3. The fourth-order valence-electron chi connectivity index (χ4n) is 4.38. The molecule has 0 spiro atoms. The molecular weight excluding hydrogens is 355 g/mol. The maximum Gasteiger partial charge on any atom is 0.136 e. The Bertz CT molecular complexity index is 1090. The van der Waals surface area contributed by atoms with Crippen molar-refractivity contribution in [2.24, 2.45) is 0 Å². The number of fused-ring (bicyclic) bond motifs is 1. The van der Waals surface area contributed by atoms with E-state index in [1.807, 2.05) is 13.3 Å². The van der Waals surface area contributed by atoms with Crippen LogP contribution in [0.15, 0.2) is 24.7 Å². The highest BCUT2D eigenvalue weighted by Gasteiger charge is 2.31. The van der Waals surface area contributed by atoms with Crippen LogP contribution in [-0.4, -0.2) is 32.8 Å². The van der Waals surface area contributed by atoms with Gasteiger partial charge in [-0.15, -0.1) is 10.2 Å². The van der Waals surface area contributed by atoms with Gasteiger partial charge in [-0.25, -0.2) is 4.39 Å². The predicted molar refractivity (Wildman–Crippen MR) is 104 cm³/mol. The molecule has 0 amide bonds. The summed E-state index contributed by atoms with van der Waals surface area (Å²) < 4.78 is 16.3. The van der Waals surface area contributed by atoms with E-state index >= 15 is 0 Å². The van der Waals surface area contributed by atoms with Crippen LogP contribution in [0.5, 0.6) is 0 Å². The number of aryl methyl sites for hydroxylation is 1. The van der Waals surface area contributed by atoms with E-state index in [1.54, 1.807) is 6.20 Å². The lowest BCUT2D eigenvalue weighted by atomic mass is 9.94. The molecule has 1 saturated carbocycles. The summed E-state index contributed by atoms with van der Waals surface area (Å²) in [5, 5.41) is 18.9. The molecule has 6 nitrogen and oxygen atoms in total. The molecule has 0 bridgehead atoms. The summed E-state index contributed by atoms with van der Waals surface area (Å²) in [6.07, 6.45) is 7.77. The van der Waals surface area contributed by atoms with Crippen LogP contribution in [0.2, 0.25) is 0 Å². The number of pyridine rings is 1. The van der Waals surface area contributed by atoms with Crippen LogP contribution in [0.4, 0.5) is 10.1 Å². The summed E-state index contributed by atoms with van der Waals surface area (Å²) in [7, 11) is 0. The molecule has 1 aliphatic carbocycles. The number of nitrogens with zero attached hydrogens (tertiary/aromatic N) is 6. The highest BCUT2D eigenvalue weighted by atomic mass is 19.1. The van der Waals surface area contributed by atoms with Crippen molar-refractivity contribution in [3.8, 4) is 6.07 Å². The third-order valence-corrected chi connectivity index (χ3v) is 5.94. The van der Waals surface area contributed by atoms with Gasteiger partial charge in [0.15, 0.2) is 0 Å². The minimum atomic E-state index is -0.296. The van der Waals surface area contributed by atoms with Crippen LogP contribution in [0, 0.1) is 24.1 Å². The number of hydrogen-bond acceptors (Lipinski definition) is 5. The Hall–Kier alpha value is -3.01. The maximum absolute atomic E-state index is 14.1. The van der Waals surface area contributed by atoms with Crippen LogP contribution in [0.1, 0.15) is 54.6 Å². The number of anilines is 1. The molecular formula is C21H21FN6. The monoisotopic (exact) mass is 376 g/mol. The Morgan fingerprint density at radius 2 is 1.96 bits per heavy atom. The molecule has 0 unspecified atom stereocenters. The van der Waals surface area contributed by atoms with E-state index in [4.69, 9.17) is 0 Å². The Labute approximate surface area is 162 Å². The zero-order chi connectivity index (χ0) is 19.3. The summed E-state index contributed by atoms with van der Waals surface area (Å²) in [6, 6.07) is 5.80. The van der Waals surface area contributed by atoms with E-state index < -0.39 is 0 Å². The molecule has 5 rings (SSSR count). The average molecular weight is 376 g/mol. The zero-order valence-corrected chi connectivity index (χ0v) is 15.8. The van der Waals surface area contributed by atoms with Gasteiger partial charge in [0.25, 0.3) is 0 Å². The topological polar surface area (TPSA) is 70.6 Å². The van der Waals surface area contributed by atoms with Gasteiger partial charge in [-0.3, -0.25) is 4.98 Å². The van der Waals surface area contributed by atoms with E-state index in [0.717, 1.165) is 53.9 Å². The SMILES string of the molecule is Cc1cc(F)cc2c(N3CCC(c4nncn4C4CC4)CC3)c(C#N)cnc12. The van der Waals surface area contributed by atoms with Crippen LogP contribution < -0.4 is 4.90 Å². The van der Waals surface area contributed by atoms with Crippen molar-refractivity contribution >= 4 is 16.6 Å². The van der Waals surface area contributed by atoms with Crippen molar-refractivity contribution in [3.05, 3.63) is 47.4 Å². The van der Waals surface area contributed by atoms with Gasteiger partial charge in [0.2, 0.25) is 0 Å². The molecule has 1 saturated heterocycles. The van der Waals surface area contributed by atoms with Crippen molar-refractivity contribution in [2.45, 2.75) is 44.6 Å². The number of benzene rings is 1. The number of piperidine rings is 1. The Morgan fingerprint density at radius 3 is 2.68 bits per heavy atom. The highest BCUT2D eigenvalue weighted by molar-refractivity contribution is 5.96. The molecule has 2 fully saturated rings. The third kappa shape index (κ3) is 2.80. The first kappa shape index (κ1) is 17.1. The van der Waals surface area contributed by atoms with Gasteiger partial charge < -0.3 is 9.47 Å². The molecule has 7 heteroatoms. The summed E-state index contributed by atoms with van der Waals surface area (Å²) in [5.74, 6) is 1.16. The van der Waals surface area contributed by atoms with Crippen molar-refractivity contribution in [3.63, 3.8) is 0 Å². The van der Waals surface area contributed by atoms with Gasteiger partial charge in [-0.1, -0.05) is 0 Å². The van der Waals surface area contributed by atoms with Crippen LogP contribution in [0.25, 0.3) is 10.9 Å². The number of hydrogen-bond donors (Lipinski definition) is 0. The molecule has 0 radical (unpaired) electrons. The predicted octanol–water partition coefficient (Wildman–Crippen LogP) is 3.86. The smallest absolute Gasteiger partial charge is 0.136 e. The summed E-state index contributed by atoms with van der Waals surface area (Å²) >= 11 is 0. The van der Waals surface area contributed by atoms with Gasteiger partial charge in [-0.05, 0) is 50.3 Å². The summed E-state index contributed by atoms with van der Waals surface area (Å²) in [4.78, 5) is 6.61. The molecule has 1 aromatic carbocycles. The molecule has 2 aromatic heterocycles. The fraction of sp³-hybridized carbons (Fsp3) is 0.429. The second kappa shape index (κ2) is 6.55. The largest absolute Gasteiger partial charge is 0.370 e.